The number of anilines is 1. The van der Waals surface area contributed by atoms with Crippen LogP contribution in [0, 0.1) is 0 Å². The Morgan fingerprint density at radius 3 is 2.67 bits per heavy atom. The highest BCUT2D eigenvalue weighted by molar-refractivity contribution is 6.30. The van der Waals surface area contributed by atoms with Crippen molar-refractivity contribution in [1.29, 1.82) is 0 Å². The van der Waals surface area contributed by atoms with Crippen molar-refractivity contribution in [2.24, 2.45) is 12.8 Å². The number of ether oxygens (including phenoxy) is 1. The van der Waals surface area contributed by atoms with E-state index in [1.165, 1.54) is 10.9 Å². The van der Waals surface area contributed by atoms with Gasteiger partial charge < -0.3 is 15.8 Å². The Morgan fingerprint density at radius 1 is 1.38 bits per heavy atom. The van der Waals surface area contributed by atoms with Crippen molar-refractivity contribution >= 4 is 29.1 Å². The molecule has 1 aromatic carbocycles. The minimum absolute atomic E-state index is 0.120. The van der Waals surface area contributed by atoms with Gasteiger partial charge in [0.05, 0.1) is 11.9 Å². The van der Waals surface area contributed by atoms with Crippen molar-refractivity contribution in [3.63, 3.8) is 0 Å². The molecule has 3 N–H and O–H groups in total. The van der Waals surface area contributed by atoms with Crippen molar-refractivity contribution < 1.29 is 14.3 Å². The molecule has 0 spiro atoms. The lowest BCUT2D eigenvalue weighted by atomic mass is 10.3. The Morgan fingerprint density at radius 2 is 2.05 bits per heavy atom. The highest BCUT2D eigenvalue weighted by Gasteiger charge is 2.16. The van der Waals surface area contributed by atoms with E-state index in [1.807, 2.05) is 0 Å². The first-order valence-electron chi connectivity index (χ1n) is 5.97. The second-order valence-corrected chi connectivity index (χ2v) is 4.62. The maximum absolute atomic E-state index is 11.8. The van der Waals surface area contributed by atoms with Gasteiger partial charge >= 0.3 is 0 Å². The average Bonchev–Trinajstić information content (AvgIpc) is 2.79. The number of primary amides is 1. The molecule has 0 fully saturated rings. The van der Waals surface area contributed by atoms with E-state index in [2.05, 4.69) is 10.4 Å². The predicted octanol–water partition coefficient (Wildman–Crippen LogP) is 1.19. The Labute approximate surface area is 125 Å². The molecule has 1 aromatic heterocycles. The number of nitrogens with zero attached hydrogens (tertiary/aromatic N) is 2. The molecule has 0 unspecified atom stereocenters. The highest BCUT2D eigenvalue weighted by atomic mass is 35.5. The number of benzene rings is 1. The van der Waals surface area contributed by atoms with Crippen LogP contribution in [0.3, 0.4) is 0 Å². The van der Waals surface area contributed by atoms with E-state index in [0.29, 0.717) is 10.8 Å². The highest BCUT2D eigenvalue weighted by Crippen LogP contribution is 2.16. The van der Waals surface area contributed by atoms with Gasteiger partial charge in [0.1, 0.15) is 11.4 Å². The zero-order valence-electron chi connectivity index (χ0n) is 11.2. The molecule has 7 nitrogen and oxygen atoms in total. The molecule has 0 bridgehead atoms. The summed E-state index contributed by atoms with van der Waals surface area (Å²) in [5.41, 5.74) is 5.59. The van der Waals surface area contributed by atoms with Crippen LogP contribution in [-0.4, -0.2) is 28.2 Å². The fraction of sp³-hybridized carbons (Fsp3) is 0.154. The first-order chi connectivity index (χ1) is 9.97. The summed E-state index contributed by atoms with van der Waals surface area (Å²) in [6.45, 7) is -0.214. The number of aryl methyl sites for hydroxylation is 1. The topological polar surface area (TPSA) is 99.2 Å². The summed E-state index contributed by atoms with van der Waals surface area (Å²) in [7, 11) is 1.56. The number of hydrogen-bond acceptors (Lipinski definition) is 4. The van der Waals surface area contributed by atoms with Crippen LogP contribution < -0.4 is 15.8 Å². The third-order valence-electron chi connectivity index (χ3n) is 2.63. The van der Waals surface area contributed by atoms with Crippen molar-refractivity contribution in [2.75, 3.05) is 11.9 Å². The number of rotatable bonds is 5. The van der Waals surface area contributed by atoms with Crippen LogP contribution >= 0.6 is 11.6 Å². The number of halogens is 1. The average molecular weight is 309 g/mol. The molecule has 0 aliphatic rings. The lowest BCUT2D eigenvalue weighted by molar-refractivity contribution is -0.118. The van der Waals surface area contributed by atoms with Crippen molar-refractivity contribution in [2.45, 2.75) is 0 Å². The second-order valence-electron chi connectivity index (χ2n) is 4.19. The maximum Gasteiger partial charge on any atom is 0.269 e. The fourth-order valence-electron chi connectivity index (χ4n) is 1.69. The molecule has 0 saturated heterocycles. The number of carbonyl (C=O) groups is 2. The van der Waals surface area contributed by atoms with Crippen LogP contribution in [0.1, 0.15) is 10.5 Å². The molecular formula is C13H13ClN4O3. The van der Waals surface area contributed by atoms with Crippen molar-refractivity contribution in [3.05, 3.63) is 41.2 Å². The monoisotopic (exact) mass is 308 g/mol. The summed E-state index contributed by atoms with van der Waals surface area (Å²) >= 11 is 5.74. The summed E-state index contributed by atoms with van der Waals surface area (Å²) in [5.74, 6) is -0.597. The molecule has 2 amide bonds. The van der Waals surface area contributed by atoms with Gasteiger partial charge in [-0.2, -0.15) is 5.10 Å². The molecule has 0 radical (unpaired) electrons. The maximum atomic E-state index is 11.8. The number of amides is 2. The van der Waals surface area contributed by atoms with E-state index in [9.17, 15) is 9.59 Å². The molecule has 0 atom stereocenters. The number of aromatic nitrogens is 2. The molecular weight excluding hydrogens is 296 g/mol. The molecule has 2 aromatic rings. The van der Waals surface area contributed by atoms with Crippen LogP contribution in [0.2, 0.25) is 5.02 Å². The zero-order chi connectivity index (χ0) is 15.4. The Kier molecular flexibility index (Phi) is 4.44. The first kappa shape index (κ1) is 14.9. The lowest BCUT2D eigenvalue weighted by Crippen LogP contribution is -2.23. The lowest BCUT2D eigenvalue weighted by Gasteiger charge is -2.07. The number of hydrogen-bond donors (Lipinski definition) is 2. The standard InChI is InChI=1S/C13H13ClN4O3/c1-18-12(13(15)20)10(6-16-18)17-11(19)7-21-9-4-2-8(14)3-5-9/h2-6H,7H2,1H3,(H2,15,20)(H,17,19). The normalized spacial score (nSPS) is 10.2. The minimum Gasteiger partial charge on any atom is -0.484 e. The smallest absolute Gasteiger partial charge is 0.269 e. The van der Waals surface area contributed by atoms with Crippen molar-refractivity contribution in [1.82, 2.24) is 9.78 Å². The number of nitrogens with two attached hydrogens (primary N) is 1. The van der Waals surface area contributed by atoms with Crippen LogP contribution in [0.15, 0.2) is 30.5 Å². The summed E-state index contributed by atoms with van der Waals surface area (Å²) in [6.07, 6.45) is 1.35. The Hall–Kier alpha value is -2.54. The summed E-state index contributed by atoms with van der Waals surface area (Å²) < 4.78 is 6.58. The largest absolute Gasteiger partial charge is 0.484 e. The molecule has 0 saturated carbocycles. The van der Waals surface area contributed by atoms with Gasteiger partial charge in [-0.05, 0) is 24.3 Å². The molecule has 21 heavy (non-hydrogen) atoms. The molecule has 8 heteroatoms. The quantitative estimate of drug-likeness (QED) is 0.866. The molecule has 110 valence electrons. The number of carbonyl (C=O) groups excluding carboxylic acids is 2. The van der Waals surface area contributed by atoms with Gasteiger partial charge in [-0.15, -0.1) is 0 Å². The van der Waals surface area contributed by atoms with Gasteiger partial charge in [0.15, 0.2) is 6.61 Å². The van der Waals surface area contributed by atoms with Gasteiger partial charge in [-0.1, -0.05) is 11.6 Å². The van der Waals surface area contributed by atoms with E-state index in [0.717, 1.165) is 0 Å². The fourth-order valence-corrected chi connectivity index (χ4v) is 1.81. The predicted molar refractivity (Wildman–Crippen MR) is 77.3 cm³/mol. The number of nitrogens with one attached hydrogen (secondary N) is 1. The van der Waals surface area contributed by atoms with Crippen LogP contribution in [0.4, 0.5) is 5.69 Å². The van der Waals surface area contributed by atoms with Crippen LogP contribution in [0.25, 0.3) is 0 Å². The summed E-state index contributed by atoms with van der Waals surface area (Å²) in [5, 5.41) is 6.96. The van der Waals surface area contributed by atoms with Gasteiger partial charge in [0.25, 0.3) is 11.8 Å². The Bertz CT molecular complexity index is 667. The van der Waals surface area contributed by atoms with Gasteiger partial charge in [-0.25, -0.2) is 0 Å². The van der Waals surface area contributed by atoms with Crippen molar-refractivity contribution in [3.8, 4) is 5.75 Å². The third-order valence-corrected chi connectivity index (χ3v) is 2.88. The summed E-state index contributed by atoms with van der Waals surface area (Å²) in [6, 6.07) is 6.60. The first-order valence-corrected chi connectivity index (χ1v) is 6.35. The molecule has 0 aliphatic carbocycles. The zero-order valence-corrected chi connectivity index (χ0v) is 11.9. The Balaban J connectivity index is 1.96. The van der Waals surface area contributed by atoms with Gasteiger partial charge in [-0.3, -0.25) is 14.3 Å². The van der Waals surface area contributed by atoms with E-state index in [4.69, 9.17) is 22.1 Å². The van der Waals surface area contributed by atoms with Crippen LogP contribution in [-0.2, 0) is 11.8 Å². The van der Waals surface area contributed by atoms with E-state index in [1.54, 1.807) is 31.3 Å². The van der Waals surface area contributed by atoms with Crippen LogP contribution in [0.5, 0.6) is 5.75 Å². The molecule has 0 aliphatic heterocycles. The minimum atomic E-state index is -0.677. The SMILES string of the molecule is Cn1ncc(NC(=O)COc2ccc(Cl)cc2)c1C(N)=O. The third kappa shape index (κ3) is 3.73. The van der Waals surface area contributed by atoms with E-state index in [-0.39, 0.29) is 18.0 Å². The summed E-state index contributed by atoms with van der Waals surface area (Å²) in [4.78, 5) is 23.0. The van der Waals surface area contributed by atoms with Gasteiger partial charge in [0, 0.05) is 12.1 Å². The van der Waals surface area contributed by atoms with Gasteiger partial charge in [0.2, 0.25) is 0 Å². The molecule has 1 heterocycles. The van der Waals surface area contributed by atoms with E-state index >= 15 is 0 Å². The second kappa shape index (κ2) is 6.27. The van der Waals surface area contributed by atoms with E-state index < -0.39 is 11.8 Å². The molecule has 2 rings (SSSR count).